The number of hydrogen-bond acceptors (Lipinski definition) is 3. The second kappa shape index (κ2) is 4.76. The van der Waals surface area contributed by atoms with Crippen molar-refractivity contribution in [2.75, 3.05) is 0 Å². The summed E-state index contributed by atoms with van der Waals surface area (Å²) in [6.07, 6.45) is 3.57. The van der Waals surface area contributed by atoms with E-state index in [1.165, 1.54) is 12.1 Å². The maximum atomic E-state index is 10.8. The molecule has 2 aromatic rings. The molecule has 1 N–H and O–H groups in total. The minimum atomic E-state index is -0.949. The molecule has 5 nitrogen and oxygen atoms in total. The number of ether oxygens (including phenoxy) is 1. The molecule has 2 rings (SSSR count). The van der Waals surface area contributed by atoms with Crippen molar-refractivity contribution in [1.29, 1.82) is 0 Å². The molecule has 0 saturated carbocycles. The molecular weight excluding hydrogens is 244 g/mol. The van der Waals surface area contributed by atoms with E-state index in [2.05, 4.69) is 4.98 Å². The second-order valence-corrected chi connectivity index (χ2v) is 4.80. The first-order valence-electron chi connectivity index (χ1n) is 5.90. The van der Waals surface area contributed by atoms with Gasteiger partial charge in [0.2, 0.25) is 0 Å². The normalized spacial score (nSPS) is 11.3. The second-order valence-electron chi connectivity index (χ2n) is 4.80. The van der Waals surface area contributed by atoms with Crippen molar-refractivity contribution in [1.82, 2.24) is 9.55 Å². The zero-order valence-corrected chi connectivity index (χ0v) is 11.1. The third kappa shape index (κ3) is 2.76. The first kappa shape index (κ1) is 13.1. The van der Waals surface area contributed by atoms with Crippen LogP contribution in [0.5, 0.6) is 5.75 Å². The third-order valence-electron chi connectivity index (χ3n) is 2.83. The van der Waals surface area contributed by atoms with Gasteiger partial charge in [0.05, 0.1) is 5.56 Å². The predicted octanol–water partition coefficient (Wildman–Crippen LogP) is 2.43. The minimum absolute atomic E-state index is 0.238. The van der Waals surface area contributed by atoms with Gasteiger partial charge >= 0.3 is 5.97 Å². The van der Waals surface area contributed by atoms with Crippen LogP contribution in [0.25, 0.3) is 0 Å². The van der Waals surface area contributed by atoms with Crippen LogP contribution in [-0.4, -0.2) is 20.6 Å². The topological polar surface area (TPSA) is 64.4 Å². The minimum Gasteiger partial charge on any atom is -0.480 e. The number of aryl methyl sites for hydroxylation is 1. The summed E-state index contributed by atoms with van der Waals surface area (Å²) in [5.74, 6) is 0.461. The van der Waals surface area contributed by atoms with Gasteiger partial charge in [-0.15, -0.1) is 0 Å². The van der Waals surface area contributed by atoms with E-state index in [0.717, 1.165) is 5.82 Å². The van der Waals surface area contributed by atoms with Crippen molar-refractivity contribution in [2.45, 2.75) is 19.4 Å². The van der Waals surface area contributed by atoms with Gasteiger partial charge in [-0.25, -0.2) is 9.78 Å². The first-order valence-corrected chi connectivity index (χ1v) is 5.90. The van der Waals surface area contributed by atoms with Crippen molar-refractivity contribution in [2.24, 2.45) is 7.05 Å². The number of carbonyl (C=O) groups is 1. The number of carboxylic acids is 1. The van der Waals surface area contributed by atoms with E-state index in [1.54, 1.807) is 18.3 Å². The summed E-state index contributed by atoms with van der Waals surface area (Å²) >= 11 is 0. The van der Waals surface area contributed by atoms with Crippen molar-refractivity contribution in [3.8, 4) is 5.75 Å². The highest BCUT2D eigenvalue weighted by molar-refractivity contribution is 5.87. The quantitative estimate of drug-likeness (QED) is 0.917. The Morgan fingerprint density at radius 3 is 2.42 bits per heavy atom. The molecule has 1 aromatic carbocycles. The number of benzene rings is 1. The number of aromatic nitrogens is 2. The molecule has 100 valence electrons. The SMILES string of the molecule is Cn1ccnc1C(C)(C)Oc1ccc(C(=O)O)cc1. The third-order valence-corrected chi connectivity index (χ3v) is 2.83. The summed E-state index contributed by atoms with van der Waals surface area (Å²) in [6, 6.07) is 6.33. The summed E-state index contributed by atoms with van der Waals surface area (Å²) in [6.45, 7) is 3.83. The highest BCUT2D eigenvalue weighted by Crippen LogP contribution is 2.26. The van der Waals surface area contributed by atoms with E-state index in [9.17, 15) is 4.79 Å². The van der Waals surface area contributed by atoms with Gasteiger partial charge in [-0.3, -0.25) is 0 Å². The zero-order chi connectivity index (χ0) is 14.0. The van der Waals surface area contributed by atoms with Crippen LogP contribution >= 0.6 is 0 Å². The van der Waals surface area contributed by atoms with E-state index >= 15 is 0 Å². The molecule has 0 aliphatic rings. The Morgan fingerprint density at radius 2 is 1.95 bits per heavy atom. The van der Waals surface area contributed by atoms with Crippen LogP contribution < -0.4 is 4.74 Å². The van der Waals surface area contributed by atoms with Gasteiger partial charge in [-0.2, -0.15) is 0 Å². The fraction of sp³-hybridized carbons (Fsp3) is 0.286. The molecule has 0 aliphatic carbocycles. The molecule has 0 fully saturated rings. The van der Waals surface area contributed by atoms with E-state index < -0.39 is 11.6 Å². The van der Waals surface area contributed by atoms with Crippen LogP contribution in [0.2, 0.25) is 0 Å². The van der Waals surface area contributed by atoms with Crippen molar-refractivity contribution >= 4 is 5.97 Å². The van der Waals surface area contributed by atoms with Gasteiger partial charge in [0.25, 0.3) is 0 Å². The molecule has 0 unspecified atom stereocenters. The Labute approximate surface area is 111 Å². The highest BCUT2D eigenvalue weighted by atomic mass is 16.5. The molecule has 0 amide bonds. The predicted molar refractivity (Wildman–Crippen MR) is 70.3 cm³/mol. The lowest BCUT2D eigenvalue weighted by Gasteiger charge is -2.26. The van der Waals surface area contributed by atoms with Gasteiger partial charge < -0.3 is 14.4 Å². The number of carboxylic acid groups (broad SMARTS) is 1. The molecule has 5 heteroatoms. The fourth-order valence-corrected chi connectivity index (χ4v) is 1.95. The van der Waals surface area contributed by atoms with Gasteiger partial charge in [0.1, 0.15) is 5.75 Å². The lowest BCUT2D eigenvalue weighted by Crippen LogP contribution is -2.28. The number of rotatable bonds is 4. The molecule has 0 spiro atoms. The summed E-state index contributed by atoms with van der Waals surface area (Å²) in [5.41, 5.74) is -0.356. The van der Waals surface area contributed by atoms with E-state index in [0.29, 0.717) is 5.75 Å². The van der Waals surface area contributed by atoms with E-state index in [1.807, 2.05) is 31.7 Å². The Hall–Kier alpha value is -2.30. The number of aromatic carboxylic acids is 1. The molecule has 0 atom stereocenters. The molecule has 19 heavy (non-hydrogen) atoms. The molecular formula is C14H16N2O3. The summed E-state index contributed by atoms with van der Waals surface area (Å²) in [7, 11) is 1.90. The zero-order valence-electron chi connectivity index (χ0n) is 11.1. The van der Waals surface area contributed by atoms with Crippen LogP contribution in [0.4, 0.5) is 0 Å². The Morgan fingerprint density at radius 1 is 1.32 bits per heavy atom. The van der Waals surface area contributed by atoms with Crippen molar-refractivity contribution < 1.29 is 14.6 Å². The smallest absolute Gasteiger partial charge is 0.335 e. The summed E-state index contributed by atoms with van der Waals surface area (Å²) in [5, 5.41) is 8.84. The lowest BCUT2D eigenvalue weighted by molar-refractivity contribution is 0.0696. The Bertz CT molecular complexity index is 585. The monoisotopic (exact) mass is 260 g/mol. The van der Waals surface area contributed by atoms with Gasteiger partial charge in [-0.1, -0.05) is 0 Å². The molecule has 1 heterocycles. The van der Waals surface area contributed by atoms with Crippen molar-refractivity contribution in [3.63, 3.8) is 0 Å². The standard InChI is InChI=1S/C14H16N2O3/c1-14(2,13-15-8-9-16(13)3)19-11-6-4-10(5-7-11)12(17)18/h4-9H,1-3H3,(H,17,18). The summed E-state index contributed by atoms with van der Waals surface area (Å²) in [4.78, 5) is 15.0. The highest BCUT2D eigenvalue weighted by Gasteiger charge is 2.27. The first-order chi connectivity index (χ1) is 8.90. The molecule has 0 radical (unpaired) electrons. The van der Waals surface area contributed by atoms with E-state index in [4.69, 9.17) is 9.84 Å². The largest absolute Gasteiger partial charge is 0.480 e. The Balaban J connectivity index is 2.21. The fourth-order valence-electron chi connectivity index (χ4n) is 1.95. The molecule has 0 aliphatic heterocycles. The van der Waals surface area contributed by atoms with Gasteiger partial charge in [0, 0.05) is 19.4 Å². The van der Waals surface area contributed by atoms with Gasteiger partial charge in [0.15, 0.2) is 11.4 Å². The van der Waals surface area contributed by atoms with Crippen LogP contribution in [0.3, 0.4) is 0 Å². The molecule has 0 saturated heterocycles. The van der Waals surface area contributed by atoms with Crippen LogP contribution in [0.15, 0.2) is 36.7 Å². The molecule has 0 bridgehead atoms. The average Bonchev–Trinajstić information content (AvgIpc) is 2.76. The average molecular weight is 260 g/mol. The lowest BCUT2D eigenvalue weighted by atomic mass is 10.1. The number of hydrogen-bond donors (Lipinski definition) is 1. The number of imidazole rings is 1. The number of nitrogens with zero attached hydrogens (tertiary/aromatic N) is 2. The Kier molecular flexibility index (Phi) is 3.29. The van der Waals surface area contributed by atoms with Gasteiger partial charge in [-0.05, 0) is 38.1 Å². The van der Waals surface area contributed by atoms with Crippen LogP contribution in [0, 0.1) is 0 Å². The van der Waals surface area contributed by atoms with Crippen molar-refractivity contribution in [3.05, 3.63) is 48.0 Å². The maximum absolute atomic E-state index is 10.8. The van der Waals surface area contributed by atoms with E-state index in [-0.39, 0.29) is 5.56 Å². The van der Waals surface area contributed by atoms with Crippen LogP contribution in [-0.2, 0) is 12.6 Å². The van der Waals surface area contributed by atoms with Crippen LogP contribution in [0.1, 0.15) is 30.0 Å². The summed E-state index contributed by atoms with van der Waals surface area (Å²) < 4.78 is 7.78. The molecule has 1 aromatic heterocycles. The maximum Gasteiger partial charge on any atom is 0.335 e.